The van der Waals surface area contributed by atoms with Gasteiger partial charge in [0.1, 0.15) is 11.5 Å². The molecule has 184 valence electrons. The summed E-state index contributed by atoms with van der Waals surface area (Å²) in [6, 6.07) is 3.92. The maximum atomic E-state index is 14.6. The molecular formula is C26H33FN8. The Morgan fingerprint density at radius 1 is 1.11 bits per heavy atom. The maximum Gasteiger partial charge on any atom is 0.229 e. The van der Waals surface area contributed by atoms with Gasteiger partial charge in [-0.2, -0.15) is 0 Å². The van der Waals surface area contributed by atoms with Gasteiger partial charge in [0.15, 0.2) is 5.82 Å². The molecular weight excluding hydrogens is 443 g/mol. The highest BCUT2D eigenvalue weighted by atomic mass is 19.1. The molecule has 0 bridgehead atoms. The summed E-state index contributed by atoms with van der Waals surface area (Å²) in [5.41, 5.74) is 9.47. The average molecular weight is 477 g/mol. The molecule has 4 rings (SSSR count). The number of likely N-dealkylation sites (N-methyl/N-ethyl adjacent to an activating group) is 1. The molecule has 2 aromatic heterocycles. The van der Waals surface area contributed by atoms with Crippen LogP contribution in [0.2, 0.25) is 0 Å². The van der Waals surface area contributed by atoms with E-state index < -0.39 is 5.82 Å². The highest BCUT2D eigenvalue weighted by Crippen LogP contribution is 2.27. The highest BCUT2D eigenvalue weighted by Gasteiger charge is 2.18. The molecule has 0 saturated carbocycles. The molecule has 1 fully saturated rings. The van der Waals surface area contributed by atoms with E-state index in [1.165, 1.54) is 0 Å². The van der Waals surface area contributed by atoms with Gasteiger partial charge in [0.2, 0.25) is 5.95 Å². The van der Waals surface area contributed by atoms with Crippen molar-refractivity contribution in [2.24, 2.45) is 11.7 Å². The van der Waals surface area contributed by atoms with E-state index in [0.717, 1.165) is 51.0 Å². The molecule has 35 heavy (non-hydrogen) atoms. The third kappa shape index (κ3) is 5.98. The first-order chi connectivity index (χ1) is 16.8. The lowest BCUT2D eigenvalue weighted by atomic mass is 9.93. The fourth-order valence-corrected chi connectivity index (χ4v) is 4.10. The number of allylic oxidation sites excluding steroid dienone is 6. The molecule has 0 radical (unpaired) electrons. The first-order valence-corrected chi connectivity index (χ1v) is 12.0. The van der Waals surface area contributed by atoms with E-state index in [9.17, 15) is 4.39 Å². The molecule has 2 aliphatic rings. The van der Waals surface area contributed by atoms with Gasteiger partial charge in [-0.15, -0.1) is 0 Å². The lowest BCUT2D eigenvalue weighted by molar-refractivity contribution is 0.132. The van der Waals surface area contributed by atoms with Crippen LogP contribution in [0.3, 0.4) is 0 Å². The van der Waals surface area contributed by atoms with Crippen LogP contribution < -0.4 is 11.1 Å². The smallest absolute Gasteiger partial charge is 0.229 e. The van der Waals surface area contributed by atoms with Gasteiger partial charge in [-0.05, 0) is 36.2 Å². The molecule has 1 saturated heterocycles. The Bertz CT molecular complexity index is 1160. The van der Waals surface area contributed by atoms with Crippen molar-refractivity contribution in [2.45, 2.75) is 27.3 Å². The van der Waals surface area contributed by atoms with E-state index in [1.807, 2.05) is 32.2 Å². The molecule has 0 aromatic carbocycles. The van der Waals surface area contributed by atoms with Crippen molar-refractivity contribution in [3.8, 4) is 0 Å². The van der Waals surface area contributed by atoms with E-state index in [4.69, 9.17) is 11.1 Å². The van der Waals surface area contributed by atoms with Gasteiger partial charge in [-0.1, -0.05) is 32.9 Å². The number of aromatic nitrogens is 3. The third-order valence-corrected chi connectivity index (χ3v) is 6.35. The zero-order chi connectivity index (χ0) is 24.9. The molecule has 1 aliphatic carbocycles. The van der Waals surface area contributed by atoms with Crippen molar-refractivity contribution < 1.29 is 4.39 Å². The van der Waals surface area contributed by atoms with Crippen LogP contribution in [-0.2, 0) is 6.54 Å². The van der Waals surface area contributed by atoms with Gasteiger partial charge in [-0.25, -0.2) is 19.3 Å². The van der Waals surface area contributed by atoms with Crippen LogP contribution in [0.25, 0.3) is 5.57 Å². The fraction of sp³-hybridized carbons (Fsp3) is 0.385. The van der Waals surface area contributed by atoms with E-state index in [0.29, 0.717) is 28.4 Å². The molecule has 1 aliphatic heterocycles. The Balaban J connectivity index is 1.47. The average Bonchev–Trinajstić information content (AvgIpc) is 2.87. The van der Waals surface area contributed by atoms with E-state index >= 15 is 0 Å². The molecule has 3 heterocycles. The minimum atomic E-state index is -0.547. The Morgan fingerprint density at radius 2 is 1.86 bits per heavy atom. The van der Waals surface area contributed by atoms with Gasteiger partial charge in [0.05, 0.1) is 11.9 Å². The van der Waals surface area contributed by atoms with Crippen molar-refractivity contribution in [1.29, 1.82) is 5.41 Å². The van der Waals surface area contributed by atoms with Crippen LogP contribution in [-0.4, -0.2) is 63.2 Å². The molecule has 8 nitrogen and oxygen atoms in total. The Labute approximate surface area is 206 Å². The first kappa shape index (κ1) is 24.7. The summed E-state index contributed by atoms with van der Waals surface area (Å²) in [7, 11) is 0. The first-order valence-electron chi connectivity index (χ1n) is 12.0. The van der Waals surface area contributed by atoms with Crippen LogP contribution in [0, 0.1) is 17.1 Å². The van der Waals surface area contributed by atoms with Gasteiger partial charge in [0.25, 0.3) is 0 Å². The Hall–Kier alpha value is -3.43. The Morgan fingerprint density at radius 3 is 2.51 bits per heavy atom. The van der Waals surface area contributed by atoms with E-state index in [1.54, 1.807) is 18.2 Å². The van der Waals surface area contributed by atoms with Gasteiger partial charge in [0, 0.05) is 55.8 Å². The highest BCUT2D eigenvalue weighted by molar-refractivity contribution is 6.13. The third-order valence-electron chi connectivity index (χ3n) is 6.35. The number of anilines is 2. The minimum absolute atomic E-state index is 0.0665. The zero-order valence-electron chi connectivity index (χ0n) is 20.6. The number of rotatable bonds is 7. The lowest BCUT2D eigenvalue weighted by Gasteiger charge is -2.33. The summed E-state index contributed by atoms with van der Waals surface area (Å²) in [5, 5.41) is 11.2. The second-order valence-corrected chi connectivity index (χ2v) is 9.15. The minimum Gasteiger partial charge on any atom is -0.401 e. The van der Waals surface area contributed by atoms with Crippen LogP contribution in [0.4, 0.5) is 16.2 Å². The molecule has 0 spiro atoms. The van der Waals surface area contributed by atoms with Crippen LogP contribution >= 0.6 is 0 Å². The second kappa shape index (κ2) is 10.9. The normalized spacial score (nSPS) is 18.7. The summed E-state index contributed by atoms with van der Waals surface area (Å²) in [6.45, 7) is 12.4. The number of nitrogens with zero attached hydrogens (tertiary/aromatic N) is 5. The van der Waals surface area contributed by atoms with Crippen molar-refractivity contribution in [2.75, 3.05) is 38.0 Å². The number of nitrogens with two attached hydrogens (primary N) is 1. The molecule has 0 atom stereocenters. The largest absolute Gasteiger partial charge is 0.401 e. The van der Waals surface area contributed by atoms with Crippen molar-refractivity contribution >= 4 is 23.1 Å². The maximum absolute atomic E-state index is 14.6. The summed E-state index contributed by atoms with van der Waals surface area (Å²) in [4.78, 5) is 17.8. The zero-order valence-corrected chi connectivity index (χ0v) is 20.6. The predicted octanol–water partition coefficient (Wildman–Crippen LogP) is 3.73. The predicted molar refractivity (Wildman–Crippen MR) is 138 cm³/mol. The summed E-state index contributed by atoms with van der Waals surface area (Å²) >= 11 is 0. The molecule has 4 N–H and O–H groups in total. The number of piperazine rings is 1. The number of nitrogens with one attached hydrogen (secondary N) is 2. The number of hydrogen-bond acceptors (Lipinski definition) is 8. The van der Waals surface area contributed by atoms with Gasteiger partial charge in [-0.3, -0.25) is 4.90 Å². The summed E-state index contributed by atoms with van der Waals surface area (Å²) < 4.78 is 14.6. The van der Waals surface area contributed by atoms with E-state index in [2.05, 4.69) is 37.0 Å². The molecule has 2 aromatic rings. The standard InChI is InChI=1S/C26H33FN8/c1-4-34-9-11-35(12-10-34)16-18-5-8-23(30-14-18)32-26-31-15-21(27)25(33-26)19-6-7-22(28)20(13-19)24(29)17(2)3/h5-8,13-15,17,28H,4,9-12,16,29H2,1-3H3,(H,30,31,32,33)/b24-20-,28-22?. The molecule has 0 unspecified atom stereocenters. The van der Waals surface area contributed by atoms with Crippen molar-refractivity contribution in [1.82, 2.24) is 24.8 Å². The lowest BCUT2D eigenvalue weighted by Crippen LogP contribution is -2.45. The SMILES string of the molecule is CCN1CCN(Cc2ccc(Nc3ncc(F)c(C4=C/C(=C(/N)C(C)C)C(=N)C=C4)n3)nc2)CC1. The van der Waals surface area contributed by atoms with Crippen molar-refractivity contribution in [3.05, 3.63) is 71.1 Å². The fourth-order valence-electron chi connectivity index (χ4n) is 4.10. The number of hydrogen-bond donors (Lipinski definition) is 3. The van der Waals surface area contributed by atoms with Gasteiger partial charge >= 0.3 is 0 Å². The van der Waals surface area contributed by atoms with Crippen LogP contribution in [0.15, 0.2) is 54.0 Å². The second-order valence-electron chi connectivity index (χ2n) is 9.15. The topological polar surface area (TPSA) is 107 Å². The summed E-state index contributed by atoms with van der Waals surface area (Å²) in [6.07, 6.45) is 7.97. The van der Waals surface area contributed by atoms with Crippen LogP contribution in [0.1, 0.15) is 32.0 Å². The molecule has 9 heteroatoms. The quantitative estimate of drug-likeness (QED) is 0.559. The monoisotopic (exact) mass is 476 g/mol. The number of pyridine rings is 1. The Kier molecular flexibility index (Phi) is 7.67. The van der Waals surface area contributed by atoms with Crippen LogP contribution in [0.5, 0.6) is 0 Å². The van der Waals surface area contributed by atoms with Gasteiger partial charge < -0.3 is 21.4 Å². The van der Waals surface area contributed by atoms with Crippen molar-refractivity contribution in [3.63, 3.8) is 0 Å². The molecule has 0 amide bonds. The van der Waals surface area contributed by atoms with E-state index in [-0.39, 0.29) is 17.6 Å². The number of halogens is 1. The summed E-state index contributed by atoms with van der Waals surface area (Å²) in [5.74, 6) is 0.349.